The Morgan fingerprint density at radius 3 is 2.30 bits per heavy atom. The summed E-state index contributed by atoms with van der Waals surface area (Å²) in [7, 11) is 0. The zero-order chi connectivity index (χ0) is 14.6. The molecular weight excluding hydrogens is 246 g/mol. The average Bonchev–Trinajstić information content (AvgIpc) is 2.82. The summed E-state index contributed by atoms with van der Waals surface area (Å²) in [5.41, 5.74) is 0.478. The second-order valence-corrected chi connectivity index (χ2v) is 5.77. The minimum Gasteiger partial charge on any atom is -0.387 e. The first-order valence-electron chi connectivity index (χ1n) is 7.37. The van der Waals surface area contributed by atoms with E-state index in [1.165, 1.54) is 5.56 Å². The molecular formula is C18H25NO. The maximum atomic E-state index is 11.0. The van der Waals surface area contributed by atoms with E-state index in [-0.39, 0.29) is 17.9 Å². The molecule has 2 heteroatoms. The van der Waals surface area contributed by atoms with E-state index in [2.05, 4.69) is 37.5 Å². The molecule has 0 amide bonds. The minimum atomic E-state index is -0.757. The zero-order valence-electron chi connectivity index (χ0n) is 12.3. The molecule has 0 spiro atoms. The molecule has 0 bridgehead atoms. The van der Waals surface area contributed by atoms with Crippen molar-refractivity contribution >= 4 is 0 Å². The molecule has 1 saturated carbocycles. The maximum absolute atomic E-state index is 11.0. The molecule has 1 unspecified atom stereocenters. The van der Waals surface area contributed by atoms with Gasteiger partial charge in [-0.2, -0.15) is 0 Å². The highest BCUT2D eigenvalue weighted by atomic mass is 16.3. The molecule has 2 rings (SSSR count). The molecule has 1 aliphatic rings. The molecule has 0 aliphatic heterocycles. The van der Waals surface area contributed by atoms with Crippen molar-refractivity contribution in [3.05, 3.63) is 61.2 Å². The SMILES string of the molecule is C=C[C@H]1CC[C@H](C=C)C1(O)CNC(C)c1ccccc1. The summed E-state index contributed by atoms with van der Waals surface area (Å²) in [5.74, 6) is 0.280. The highest BCUT2D eigenvalue weighted by Crippen LogP contribution is 2.41. The standard InChI is InChI=1S/C18H25NO/c1-4-16-11-12-17(5-2)18(16,20)13-19-14(3)15-9-7-6-8-10-15/h4-10,14,16-17,19-20H,1-2,11-13H2,3H3/t14?,16-,17-/m0/s1. The van der Waals surface area contributed by atoms with E-state index in [4.69, 9.17) is 0 Å². The summed E-state index contributed by atoms with van der Waals surface area (Å²) in [6.45, 7) is 10.4. The molecule has 0 aromatic heterocycles. The van der Waals surface area contributed by atoms with Crippen LogP contribution in [0, 0.1) is 11.8 Å². The van der Waals surface area contributed by atoms with Gasteiger partial charge in [0.1, 0.15) is 0 Å². The van der Waals surface area contributed by atoms with Gasteiger partial charge < -0.3 is 10.4 Å². The van der Waals surface area contributed by atoms with Crippen LogP contribution in [0.25, 0.3) is 0 Å². The first-order valence-corrected chi connectivity index (χ1v) is 7.37. The Morgan fingerprint density at radius 2 is 1.80 bits per heavy atom. The highest BCUT2D eigenvalue weighted by molar-refractivity contribution is 5.19. The third-order valence-electron chi connectivity index (χ3n) is 4.63. The lowest BCUT2D eigenvalue weighted by molar-refractivity contribution is -0.00764. The normalized spacial score (nSPS) is 26.1. The minimum absolute atomic E-state index is 0.140. The van der Waals surface area contributed by atoms with Crippen molar-refractivity contribution in [3.63, 3.8) is 0 Å². The first-order chi connectivity index (χ1) is 9.61. The molecule has 108 valence electrons. The predicted octanol–water partition coefficient (Wildman–Crippen LogP) is 3.47. The van der Waals surface area contributed by atoms with E-state index in [1.807, 2.05) is 30.4 Å². The molecule has 2 nitrogen and oxygen atoms in total. The van der Waals surface area contributed by atoms with Crippen molar-refractivity contribution in [2.45, 2.75) is 31.4 Å². The summed E-state index contributed by atoms with van der Waals surface area (Å²) in [4.78, 5) is 0. The molecule has 20 heavy (non-hydrogen) atoms. The second-order valence-electron chi connectivity index (χ2n) is 5.77. The van der Waals surface area contributed by atoms with Crippen molar-refractivity contribution in [2.75, 3.05) is 6.54 Å². The van der Waals surface area contributed by atoms with Gasteiger partial charge in [-0.15, -0.1) is 13.2 Å². The van der Waals surface area contributed by atoms with Crippen LogP contribution in [0.5, 0.6) is 0 Å². The average molecular weight is 271 g/mol. The smallest absolute Gasteiger partial charge is 0.0895 e. The van der Waals surface area contributed by atoms with Crippen LogP contribution in [-0.4, -0.2) is 17.3 Å². The van der Waals surface area contributed by atoms with Crippen molar-refractivity contribution in [1.29, 1.82) is 0 Å². The Morgan fingerprint density at radius 1 is 1.25 bits per heavy atom. The quantitative estimate of drug-likeness (QED) is 0.777. The summed E-state index contributed by atoms with van der Waals surface area (Å²) in [6.07, 6.45) is 5.74. The van der Waals surface area contributed by atoms with Gasteiger partial charge in [-0.3, -0.25) is 0 Å². The lowest BCUT2D eigenvalue weighted by Gasteiger charge is -2.34. The van der Waals surface area contributed by atoms with Gasteiger partial charge in [0.15, 0.2) is 0 Å². The molecule has 1 aromatic rings. The molecule has 1 fully saturated rings. The number of nitrogens with one attached hydrogen (secondary N) is 1. The fourth-order valence-electron chi connectivity index (χ4n) is 3.22. The van der Waals surface area contributed by atoms with Gasteiger partial charge in [0, 0.05) is 24.4 Å². The fourth-order valence-corrected chi connectivity index (χ4v) is 3.22. The second kappa shape index (κ2) is 6.38. The number of benzene rings is 1. The molecule has 1 aliphatic carbocycles. The van der Waals surface area contributed by atoms with Crippen molar-refractivity contribution < 1.29 is 5.11 Å². The number of aliphatic hydroxyl groups is 1. The van der Waals surface area contributed by atoms with Crippen LogP contribution in [0.15, 0.2) is 55.6 Å². The molecule has 2 N–H and O–H groups in total. The van der Waals surface area contributed by atoms with Crippen molar-refractivity contribution in [1.82, 2.24) is 5.32 Å². The summed E-state index contributed by atoms with van der Waals surface area (Å²) >= 11 is 0. The molecule has 0 saturated heterocycles. The summed E-state index contributed by atoms with van der Waals surface area (Å²) in [6, 6.07) is 10.5. The Bertz CT molecular complexity index is 438. The third-order valence-corrected chi connectivity index (χ3v) is 4.63. The number of rotatable bonds is 6. The summed E-state index contributed by atoms with van der Waals surface area (Å²) < 4.78 is 0. The number of hydrogen-bond donors (Lipinski definition) is 2. The van der Waals surface area contributed by atoms with Crippen LogP contribution < -0.4 is 5.32 Å². The fraction of sp³-hybridized carbons (Fsp3) is 0.444. The lowest BCUT2D eigenvalue weighted by Crippen LogP contribution is -2.48. The van der Waals surface area contributed by atoms with Gasteiger partial charge in [0.2, 0.25) is 0 Å². The van der Waals surface area contributed by atoms with Crippen LogP contribution in [-0.2, 0) is 0 Å². The van der Waals surface area contributed by atoms with Crippen LogP contribution >= 0.6 is 0 Å². The highest BCUT2D eigenvalue weighted by Gasteiger charge is 2.45. The van der Waals surface area contributed by atoms with Gasteiger partial charge in [0.05, 0.1) is 5.60 Å². The molecule has 0 radical (unpaired) electrons. The summed E-state index contributed by atoms with van der Waals surface area (Å²) in [5, 5.41) is 14.5. The number of hydrogen-bond acceptors (Lipinski definition) is 2. The van der Waals surface area contributed by atoms with Crippen LogP contribution in [0.2, 0.25) is 0 Å². The Labute approximate surface area is 122 Å². The van der Waals surface area contributed by atoms with Crippen LogP contribution in [0.3, 0.4) is 0 Å². The predicted molar refractivity (Wildman–Crippen MR) is 84.4 cm³/mol. The lowest BCUT2D eigenvalue weighted by atomic mass is 9.83. The van der Waals surface area contributed by atoms with E-state index in [9.17, 15) is 5.11 Å². The van der Waals surface area contributed by atoms with E-state index in [0.717, 1.165) is 12.8 Å². The van der Waals surface area contributed by atoms with Gasteiger partial charge in [-0.25, -0.2) is 0 Å². The maximum Gasteiger partial charge on any atom is 0.0895 e. The van der Waals surface area contributed by atoms with E-state index < -0.39 is 5.60 Å². The van der Waals surface area contributed by atoms with Crippen LogP contribution in [0.4, 0.5) is 0 Å². The first kappa shape index (κ1) is 15.0. The Hall–Kier alpha value is -1.38. The Balaban J connectivity index is 2.04. The molecule has 1 aromatic carbocycles. The van der Waals surface area contributed by atoms with Crippen molar-refractivity contribution in [3.8, 4) is 0 Å². The van der Waals surface area contributed by atoms with Gasteiger partial charge in [-0.05, 0) is 25.3 Å². The molecule has 0 heterocycles. The zero-order valence-corrected chi connectivity index (χ0v) is 12.3. The van der Waals surface area contributed by atoms with E-state index in [0.29, 0.717) is 6.54 Å². The van der Waals surface area contributed by atoms with Crippen molar-refractivity contribution in [2.24, 2.45) is 11.8 Å². The molecule has 3 atom stereocenters. The van der Waals surface area contributed by atoms with Gasteiger partial charge in [-0.1, -0.05) is 42.5 Å². The van der Waals surface area contributed by atoms with Crippen LogP contribution in [0.1, 0.15) is 31.4 Å². The third kappa shape index (κ3) is 2.87. The largest absolute Gasteiger partial charge is 0.387 e. The monoisotopic (exact) mass is 271 g/mol. The van der Waals surface area contributed by atoms with Gasteiger partial charge >= 0.3 is 0 Å². The Kier molecular flexibility index (Phi) is 4.79. The topological polar surface area (TPSA) is 32.3 Å². The van der Waals surface area contributed by atoms with E-state index >= 15 is 0 Å². The van der Waals surface area contributed by atoms with E-state index in [1.54, 1.807) is 0 Å². The van der Waals surface area contributed by atoms with Gasteiger partial charge in [0.25, 0.3) is 0 Å².